The van der Waals surface area contributed by atoms with Gasteiger partial charge in [0, 0.05) is 18.7 Å². The monoisotopic (exact) mass is 367 g/mol. The van der Waals surface area contributed by atoms with Crippen molar-refractivity contribution in [2.45, 2.75) is 26.1 Å². The molecule has 26 heavy (non-hydrogen) atoms. The molecule has 1 saturated heterocycles. The summed E-state index contributed by atoms with van der Waals surface area (Å²) in [5, 5.41) is 12.7. The minimum Gasteiger partial charge on any atom is -0.287 e. The number of carbonyl (C=O) groups is 1. The van der Waals surface area contributed by atoms with Crippen LogP contribution in [0.25, 0.3) is 10.8 Å². The zero-order valence-corrected chi connectivity index (χ0v) is 14.0. The number of nitrogens with one attached hydrogen (secondary N) is 1. The number of nitro groups is 1. The number of nitro benzene ring substituents is 1. The summed E-state index contributed by atoms with van der Waals surface area (Å²) >= 11 is 0. The zero-order valence-electron chi connectivity index (χ0n) is 14.0. The van der Waals surface area contributed by atoms with E-state index in [0.29, 0.717) is 10.8 Å². The van der Waals surface area contributed by atoms with E-state index in [2.05, 4.69) is 5.43 Å². The normalized spacial score (nSPS) is 18.7. The molecular weight excluding hydrogens is 351 g/mol. The second-order valence-electron chi connectivity index (χ2n) is 6.94. The summed E-state index contributed by atoms with van der Waals surface area (Å²) in [6.45, 7) is 3.03. The highest BCUT2D eigenvalue weighted by Crippen LogP contribution is 2.41. The highest BCUT2D eigenvalue weighted by Gasteiger charge is 2.51. The molecule has 0 unspecified atom stereocenters. The van der Waals surface area contributed by atoms with Gasteiger partial charge in [0.2, 0.25) is 5.91 Å². The van der Waals surface area contributed by atoms with Gasteiger partial charge in [0.05, 0.1) is 10.3 Å². The van der Waals surface area contributed by atoms with Gasteiger partial charge < -0.3 is 0 Å². The SMILES string of the molecule is CC1(C)CN([C@@H](c2ccc3ccc([N+](=O)[O-])cc3c2)C(F)(F)F)NC1=O. The van der Waals surface area contributed by atoms with Crippen molar-refractivity contribution in [1.29, 1.82) is 0 Å². The summed E-state index contributed by atoms with van der Waals surface area (Å²) in [5.41, 5.74) is 1.05. The third kappa shape index (κ3) is 3.22. The zero-order chi connectivity index (χ0) is 19.3. The number of benzene rings is 2. The molecule has 1 fully saturated rings. The fraction of sp³-hybridized carbons (Fsp3) is 0.353. The van der Waals surface area contributed by atoms with Crippen LogP contribution in [0.15, 0.2) is 36.4 Å². The Balaban J connectivity index is 2.07. The van der Waals surface area contributed by atoms with Crippen molar-refractivity contribution < 1.29 is 22.9 Å². The minimum absolute atomic E-state index is 0.0940. The first-order valence-corrected chi connectivity index (χ1v) is 7.81. The summed E-state index contributed by atoms with van der Waals surface area (Å²) in [4.78, 5) is 22.2. The van der Waals surface area contributed by atoms with Crippen molar-refractivity contribution in [3.05, 3.63) is 52.1 Å². The van der Waals surface area contributed by atoms with Gasteiger partial charge in [0.1, 0.15) is 6.04 Å². The molecule has 9 heteroatoms. The first-order valence-electron chi connectivity index (χ1n) is 7.81. The third-order valence-corrected chi connectivity index (χ3v) is 4.42. The quantitative estimate of drug-likeness (QED) is 0.663. The lowest BCUT2D eigenvalue weighted by atomic mass is 9.93. The molecule has 1 amide bonds. The number of carbonyl (C=O) groups excluding carboxylic acids is 1. The van der Waals surface area contributed by atoms with E-state index in [4.69, 9.17) is 0 Å². The van der Waals surface area contributed by atoms with E-state index in [9.17, 15) is 28.1 Å². The van der Waals surface area contributed by atoms with Gasteiger partial charge in [-0.2, -0.15) is 13.2 Å². The van der Waals surface area contributed by atoms with Gasteiger partial charge in [-0.05, 0) is 42.3 Å². The number of nitrogens with zero attached hydrogens (tertiary/aromatic N) is 2. The van der Waals surface area contributed by atoms with Gasteiger partial charge >= 0.3 is 6.18 Å². The van der Waals surface area contributed by atoms with E-state index in [0.717, 1.165) is 5.01 Å². The number of hydrogen-bond donors (Lipinski definition) is 1. The Morgan fingerprint density at radius 2 is 1.85 bits per heavy atom. The molecular formula is C17H16F3N3O3. The van der Waals surface area contributed by atoms with E-state index in [1.807, 2.05) is 0 Å². The summed E-state index contributed by atoms with van der Waals surface area (Å²) in [7, 11) is 0. The first kappa shape index (κ1) is 18.1. The molecule has 138 valence electrons. The molecule has 0 aromatic heterocycles. The number of hydrazine groups is 1. The lowest BCUT2D eigenvalue weighted by Crippen LogP contribution is -2.43. The van der Waals surface area contributed by atoms with Gasteiger partial charge in [-0.3, -0.25) is 20.3 Å². The van der Waals surface area contributed by atoms with Crippen molar-refractivity contribution >= 4 is 22.4 Å². The van der Waals surface area contributed by atoms with Crippen molar-refractivity contribution in [3.8, 4) is 0 Å². The molecule has 1 atom stereocenters. The Bertz CT molecular complexity index is 896. The second-order valence-corrected chi connectivity index (χ2v) is 6.94. The fourth-order valence-corrected chi connectivity index (χ4v) is 3.06. The predicted molar refractivity (Wildman–Crippen MR) is 88.0 cm³/mol. The topological polar surface area (TPSA) is 75.5 Å². The van der Waals surface area contributed by atoms with Gasteiger partial charge in [-0.15, -0.1) is 0 Å². The molecule has 1 N–H and O–H groups in total. The van der Waals surface area contributed by atoms with Crippen LogP contribution in [0.3, 0.4) is 0 Å². The van der Waals surface area contributed by atoms with Gasteiger partial charge in [-0.1, -0.05) is 12.1 Å². The minimum atomic E-state index is -4.64. The van der Waals surface area contributed by atoms with Crippen LogP contribution in [0.2, 0.25) is 0 Å². The summed E-state index contributed by atoms with van der Waals surface area (Å²) < 4.78 is 41.2. The molecule has 1 heterocycles. The smallest absolute Gasteiger partial charge is 0.287 e. The Hall–Kier alpha value is -2.68. The molecule has 0 bridgehead atoms. The summed E-state index contributed by atoms with van der Waals surface area (Å²) in [6, 6.07) is 6.06. The standard InChI is InChI=1S/C17H16F3N3O3/c1-16(2)9-22(21-15(16)24)14(17(18,19)20)11-4-3-10-5-6-13(23(25)26)8-12(10)7-11/h3-8,14H,9H2,1-2H3,(H,21,24)/t14-/m0/s1. The van der Waals surface area contributed by atoms with Crippen molar-refractivity contribution in [2.24, 2.45) is 5.41 Å². The highest BCUT2D eigenvalue weighted by molar-refractivity contribution is 5.86. The van der Waals surface area contributed by atoms with Crippen LogP contribution in [0.5, 0.6) is 0 Å². The molecule has 2 aromatic rings. The average molecular weight is 367 g/mol. The number of halogens is 3. The van der Waals surface area contributed by atoms with Crippen LogP contribution in [0.1, 0.15) is 25.5 Å². The largest absolute Gasteiger partial charge is 0.409 e. The van der Waals surface area contributed by atoms with Crippen LogP contribution in [-0.4, -0.2) is 28.6 Å². The van der Waals surface area contributed by atoms with E-state index >= 15 is 0 Å². The molecule has 1 aliphatic rings. The van der Waals surface area contributed by atoms with Gasteiger partial charge in [0.25, 0.3) is 5.69 Å². The Kier molecular flexibility index (Phi) is 4.14. The van der Waals surface area contributed by atoms with Crippen LogP contribution >= 0.6 is 0 Å². The molecule has 0 saturated carbocycles. The van der Waals surface area contributed by atoms with Gasteiger partial charge in [0.15, 0.2) is 0 Å². The van der Waals surface area contributed by atoms with E-state index in [1.54, 1.807) is 13.8 Å². The van der Waals surface area contributed by atoms with E-state index in [-0.39, 0.29) is 17.8 Å². The number of fused-ring (bicyclic) bond motifs is 1. The average Bonchev–Trinajstić information content (AvgIpc) is 2.78. The van der Waals surface area contributed by atoms with Crippen molar-refractivity contribution in [2.75, 3.05) is 6.54 Å². The van der Waals surface area contributed by atoms with Crippen LogP contribution in [0, 0.1) is 15.5 Å². The summed E-state index contributed by atoms with van der Waals surface area (Å²) in [6.07, 6.45) is -4.64. The molecule has 0 radical (unpaired) electrons. The van der Waals surface area contributed by atoms with Crippen molar-refractivity contribution in [3.63, 3.8) is 0 Å². The highest BCUT2D eigenvalue weighted by atomic mass is 19.4. The van der Waals surface area contributed by atoms with Crippen LogP contribution in [-0.2, 0) is 4.79 Å². The second kappa shape index (κ2) is 5.94. The summed E-state index contributed by atoms with van der Waals surface area (Å²) in [5.74, 6) is -0.483. The van der Waals surface area contributed by atoms with E-state index in [1.165, 1.54) is 36.4 Å². The third-order valence-electron chi connectivity index (χ3n) is 4.42. The molecule has 0 spiro atoms. The number of hydrogen-bond acceptors (Lipinski definition) is 4. The van der Waals surface area contributed by atoms with Gasteiger partial charge in [-0.25, -0.2) is 5.01 Å². The Morgan fingerprint density at radius 3 is 2.38 bits per heavy atom. The van der Waals surface area contributed by atoms with Crippen LogP contribution in [0.4, 0.5) is 18.9 Å². The predicted octanol–water partition coefficient (Wildman–Crippen LogP) is 3.72. The molecule has 3 rings (SSSR count). The lowest BCUT2D eigenvalue weighted by molar-refractivity contribution is -0.384. The first-order chi connectivity index (χ1) is 12.0. The number of alkyl halides is 3. The molecule has 1 aliphatic heterocycles. The maximum atomic E-state index is 13.7. The Labute approximate surface area is 146 Å². The van der Waals surface area contributed by atoms with Crippen LogP contribution < -0.4 is 5.43 Å². The molecule has 2 aromatic carbocycles. The lowest BCUT2D eigenvalue weighted by Gasteiger charge is -2.30. The molecule has 0 aliphatic carbocycles. The number of amides is 1. The Morgan fingerprint density at radius 1 is 1.19 bits per heavy atom. The van der Waals surface area contributed by atoms with E-state index < -0.39 is 28.5 Å². The fourth-order valence-electron chi connectivity index (χ4n) is 3.06. The van der Waals surface area contributed by atoms with Crippen molar-refractivity contribution in [1.82, 2.24) is 10.4 Å². The maximum absolute atomic E-state index is 13.7. The number of rotatable bonds is 3. The molecule has 6 nitrogen and oxygen atoms in total. The number of non-ortho nitro benzene ring substituents is 1. The maximum Gasteiger partial charge on any atom is 0.409 e.